The zero-order valence-electron chi connectivity index (χ0n) is 10.6. The first-order chi connectivity index (χ1) is 7.84. The fourth-order valence-corrected chi connectivity index (χ4v) is 2.21. The molecule has 0 saturated heterocycles. The number of nitrogens with two attached hydrogens (primary N) is 1. The van der Waals surface area contributed by atoms with E-state index in [0.29, 0.717) is 18.7 Å². The zero-order valence-corrected chi connectivity index (χ0v) is 12.2. The van der Waals surface area contributed by atoms with Gasteiger partial charge in [0.2, 0.25) is 0 Å². The first-order valence-electron chi connectivity index (χ1n) is 5.66. The second-order valence-corrected chi connectivity index (χ2v) is 6.19. The monoisotopic (exact) mass is 302 g/mol. The second-order valence-electron chi connectivity index (χ2n) is 5.28. The minimum absolute atomic E-state index is 0.0528. The van der Waals surface area contributed by atoms with Crippen LogP contribution in [0.25, 0.3) is 0 Å². The van der Waals surface area contributed by atoms with Crippen LogP contribution in [0, 0.1) is 11.2 Å². The molecule has 0 fully saturated rings. The molecule has 0 aromatic heterocycles. The molecule has 0 amide bonds. The summed E-state index contributed by atoms with van der Waals surface area (Å²) in [4.78, 5) is 2.09. The number of benzene rings is 1. The fraction of sp³-hybridized carbons (Fsp3) is 0.538. The van der Waals surface area contributed by atoms with E-state index in [1.165, 1.54) is 6.07 Å². The van der Waals surface area contributed by atoms with E-state index in [1.54, 1.807) is 6.07 Å². The van der Waals surface area contributed by atoms with Crippen molar-refractivity contribution in [1.29, 1.82) is 0 Å². The highest BCUT2D eigenvalue weighted by molar-refractivity contribution is 9.10. The Hall–Kier alpha value is -0.450. The molecule has 1 aromatic carbocycles. The standard InChI is InChI=1S/C13H20BrFN2/c1-13(2,8-16)9-17(3)7-10-6-11(14)4-5-12(10)15/h4-6H,7-9,16H2,1-3H3. The lowest BCUT2D eigenvalue weighted by Crippen LogP contribution is -2.36. The SMILES string of the molecule is CN(Cc1cc(Br)ccc1F)CC(C)(C)CN. The molecular weight excluding hydrogens is 283 g/mol. The van der Waals surface area contributed by atoms with Crippen molar-refractivity contribution < 1.29 is 4.39 Å². The summed E-state index contributed by atoms with van der Waals surface area (Å²) >= 11 is 3.36. The molecule has 0 spiro atoms. The second kappa shape index (κ2) is 5.94. The molecule has 0 aliphatic heterocycles. The summed E-state index contributed by atoms with van der Waals surface area (Å²) in [5.74, 6) is -0.161. The Balaban J connectivity index is 2.68. The molecule has 0 atom stereocenters. The summed E-state index contributed by atoms with van der Waals surface area (Å²) in [5.41, 5.74) is 6.45. The van der Waals surface area contributed by atoms with Crippen LogP contribution in [-0.2, 0) is 6.54 Å². The van der Waals surface area contributed by atoms with Crippen LogP contribution in [-0.4, -0.2) is 25.0 Å². The molecule has 96 valence electrons. The average molecular weight is 303 g/mol. The van der Waals surface area contributed by atoms with Crippen LogP contribution < -0.4 is 5.73 Å². The predicted octanol–water partition coefficient (Wildman–Crippen LogP) is 3.00. The quantitative estimate of drug-likeness (QED) is 0.906. The van der Waals surface area contributed by atoms with Crippen LogP contribution in [0.15, 0.2) is 22.7 Å². The van der Waals surface area contributed by atoms with E-state index in [-0.39, 0.29) is 11.2 Å². The maximum atomic E-state index is 13.6. The van der Waals surface area contributed by atoms with Gasteiger partial charge in [0.1, 0.15) is 5.82 Å². The molecule has 0 bridgehead atoms. The first-order valence-corrected chi connectivity index (χ1v) is 6.46. The van der Waals surface area contributed by atoms with Crippen molar-refractivity contribution in [2.24, 2.45) is 11.1 Å². The van der Waals surface area contributed by atoms with E-state index in [0.717, 1.165) is 11.0 Å². The van der Waals surface area contributed by atoms with Gasteiger partial charge in [0.25, 0.3) is 0 Å². The highest BCUT2D eigenvalue weighted by Crippen LogP contribution is 2.19. The van der Waals surface area contributed by atoms with Crippen LogP contribution in [0.1, 0.15) is 19.4 Å². The summed E-state index contributed by atoms with van der Waals surface area (Å²) in [6.07, 6.45) is 0. The average Bonchev–Trinajstić information content (AvgIpc) is 2.23. The van der Waals surface area contributed by atoms with E-state index in [4.69, 9.17) is 5.73 Å². The Labute approximate surface area is 111 Å². The van der Waals surface area contributed by atoms with E-state index in [1.807, 2.05) is 13.1 Å². The Morgan fingerprint density at radius 3 is 2.65 bits per heavy atom. The van der Waals surface area contributed by atoms with Crippen molar-refractivity contribution in [3.05, 3.63) is 34.1 Å². The molecular formula is C13H20BrFN2. The minimum Gasteiger partial charge on any atom is -0.330 e. The van der Waals surface area contributed by atoms with Gasteiger partial charge >= 0.3 is 0 Å². The molecule has 0 aliphatic carbocycles. The van der Waals surface area contributed by atoms with Crippen LogP contribution in [0.4, 0.5) is 4.39 Å². The lowest BCUT2D eigenvalue weighted by atomic mass is 9.93. The van der Waals surface area contributed by atoms with Gasteiger partial charge in [0.05, 0.1) is 0 Å². The molecule has 0 saturated carbocycles. The van der Waals surface area contributed by atoms with Crippen molar-refractivity contribution in [1.82, 2.24) is 4.90 Å². The van der Waals surface area contributed by atoms with Crippen molar-refractivity contribution in [2.75, 3.05) is 20.1 Å². The van der Waals surface area contributed by atoms with Gasteiger partial charge in [-0.05, 0) is 37.2 Å². The third-order valence-electron chi connectivity index (χ3n) is 2.70. The van der Waals surface area contributed by atoms with Gasteiger partial charge in [-0.3, -0.25) is 0 Å². The molecule has 2 N–H and O–H groups in total. The third kappa shape index (κ3) is 4.74. The van der Waals surface area contributed by atoms with E-state index in [2.05, 4.69) is 34.7 Å². The minimum atomic E-state index is -0.161. The third-order valence-corrected chi connectivity index (χ3v) is 3.19. The predicted molar refractivity (Wildman–Crippen MR) is 73.3 cm³/mol. The Morgan fingerprint density at radius 1 is 1.41 bits per heavy atom. The molecule has 1 rings (SSSR count). The van der Waals surface area contributed by atoms with Gasteiger partial charge in [0.15, 0.2) is 0 Å². The van der Waals surface area contributed by atoms with E-state index < -0.39 is 0 Å². The number of nitrogens with zero attached hydrogens (tertiary/aromatic N) is 1. The van der Waals surface area contributed by atoms with Gasteiger partial charge in [-0.15, -0.1) is 0 Å². The van der Waals surface area contributed by atoms with Crippen molar-refractivity contribution in [3.8, 4) is 0 Å². The maximum absolute atomic E-state index is 13.6. The summed E-state index contributed by atoms with van der Waals surface area (Å²) in [5, 5.41) is 0. The maximum Gasteiger partial charge on any atom is 0.127 e. The summed E-state index contributed by atoms with van der Waals surface area (Å²) in [7, 11) is 1.98. The Bertz CT molecular complexity index is 380. The first kappa shape index (κ1) is 14.6. The largest absolute Gasteiger partial charge is 0.330 e. The molecule has 0 aliphatic rings. The van der Waals surface area contributed by atoms with Crippen molar-refractivity contribution in [3.63, 3.8) is 0 Å². The van der Waals surface area contributed by atoms with Gasteiger partial charge in [0, 0.05) is 23.1 Å². The molecule has 4 heteroatoms. The lowest BCUT2D eigenvalue weighted by Gasteiger charge is -2.29. The van der Waals surface area contributed by atoms with Crippen LogP contribution in [0.3, 0.4) is 0 Å². The van der Waals surface area contributed by atoms with E-state index >= 15 is 0 Å². The Kier molecular flexibility index (Phi) is 5.10. The van der Waals surface area contributed by atoms with Crippen LogP contribution >= 0.6 is 15.9 Å². The number of hydrogen-bond donors (Lipinski definition) is 1. The summed E-state index contributed by atoms with van der Waals surface area (Å²) in [6.45, 7) is 6.28. The highest BCUT2D eigenvalue weighted by Gasteiger charge is 2.18. The summed E-state index contributed by atoms with van der Waals surface area (Å²) < 4.78 is 14.5. The Morgan fingerprint density at radius 2 is 2.06 bits per heavy atom. The number of hydrogen-bond acceptors (Lipinski definition) is 2. The van der Waals surface area contributed by atoms with Gasteiger partial charge < -0.3 is 10.6 Å². The topological polar surface area (TPSA) is 29.3 Å². The lowest BCUT2D eigenvalue weighted by molar-refractivity contribution is 0.208. The van der Waals surface area contributed by atoms with Crippen molar-refractivity contribution >= 4 is 15.9 Å². The van der Waals surface area contributed by atoms with Gasteiger partial charge in [-0.25, -0.2) is 4.39 Å². The highest BCUT2D eigenvalue weighted by atomic mass is 79.9. The molecule has 0 unspecified atom stereocenters. The van der Waals surface area contributed by atoms with Crippen LogP contribution in [0.2, 0.25) is 0 Å². The molecule has 0 radical (unpaired) electrons. The molecule has 17 heavy (non-hydrogen) atoms. The van der Waals surface area contributed by atoms with Crippen molar-refractivity contribution in [2.45, 2.75) is 20.4 Å². The van der Waals surface area contributed by atoms with Crippen LogP contribution in [0.5, 0.6) is 0 Å². The zero-order chi connectivity index (χ0) is 13.1. The molecule has 2 nitrogen and oxygen atoms in total. The van der Waals surface area contributed by atoms with Gasteiger partial charge in [-0.1, -0.05) is 29.8 Å². The van der Waals surface area contributed by atoms with E-state index in [9.17, 15) is 4.39 Å². The molecule has 1 aromatic rings. The number of rotatable bonds is 5. The number of halogens is 2. The fourth-order valence-electron chi connectivity index (χ4n) is 1.81. The summed E-state index contributed by atoms with van der Waals surface area (Å²) in [6, 6.07) is 5.02. The molecule has 0 heterocycles. The normalized spacial score (nSPS) is 12.2. The smallest absolute Gasteiger partial charge is 0.127 e. The van der Waals surface area contributed by atoms with Gasteiger partial charge in [-0.2, -0.15) is 0 Å².